The third kappa shape index (κ3) is 7.90. The van der Waals surface area contributed by atoms with Crippen LogP contribution in [0, 0.1) is 5.82 Å². The SMILES string of the molecule is C.C[C@H](N=C1NS(=O)(=O)[C@H](Cc2ccc(N3CCN(C(=O)OC(C)(C)C)CC3)cc2)C(C)(C)O1)c1ccccc1F. The van der Waals surface area contributed by atoms with Crippen LogP contribution in [0.15, 0.2) is 53.5 Å². The van der Waals surface area contributed by atoms with Crippen LogP contribution in [0.4, 0.5) is 14.9 Å². The van der Waals surface area contributed by atoms with Gasteiger partial charge in [0, 0.05) is 37.4 Å². The molecule has 4 rings (SSSR count). The number of sulfonamides is 1. The van der Waals surface area contributed by atoms with E-state index in [2.05, 4.69) is 14.6 Å². The summed E-state index contributed by atoms with van der Waals surface area (Å²) in [6.07, 6.45) is -0.0601. The van der Waals surface area contributed by atoms with Gasteiger partial charge in [0.2, 0.25) is 10.0 Å². The number of amides is 1. The zero-order chi connectivity index (χ0) is 29.3. The molecule has 0 aromatic heterocycles. The second-order valence-corrected chi connectivity index (χ2v) is 13.7. The molecule has 2 saturated heterocycles. The largest absolute Gasteiger partial charge is 0.457 e. The molecular formula is C30H43FN4O5S. The fourth-order valence-corrected chi connectivity index (χ4v) is 6.59. The maximum absolute atomic E-state index is 14.2. The number of halogens is 1. The summed E-state index contributed by atoms with van der Waals surface area (Å²) in [5.41, 5.74) is 0.602. The number of ether oxygens (including phenoxy) is 2. The van der Waals surface area contributed by atoms with E-state index in [1.165, 1.54) is 6.07 Å². The van der Waals surface area contributed by atoms with E-state index in [4.69, 9.17) is 9.47 Å². The van der Waals surface area contributed by atoms with Crippen molar-refractivity contribution < 1.29 is 27.1 Å². The van der Waals surface area contributed by atoms with Crippen molar-refractivity contribution in [3.8, 4) is 0 Å². The standard InChI is InChI=1S/C29H39FN4O5S.CH4/c1-20(23-9-7-8-10-24(23)30)31-26-32-40(36,37)25(29(5,6)38-26)19-21-11-13-22(14-12-21)33-15-17-34(18-16-33)27(35)39-28(2,3)4;/h7-14,20,25H,15-19H2,1-6H3,(H,31,32);1H4/t20-,25+;/m0./s1. The lowest BCUT2D eigenvalue weighted by Gasteiger charge is -2.39. The summed E-state index contributed by atoms with van der Waals surface area (Å²) in [5.74, 6) is -0.413. The minimum absolute atomic E-state index is 0. The molecule has 2 aliphatic heterocycles. The van der Waals surface area contributed by atoms with Crippen LogP contribution < -0.4 is 9.62 Å². The van der Waals surface area contributed by atoms with Crippen molar-refractivity contribution >= 4 is 27.8 Å². The van der Waals surface area contributed by atoms with E-state index in [1.807, 2.05) is 45.0 Å². The lowest BCUT2D eigenvalue weighted by molar-refractivity contribution is 0.0240. The average molecular weight is 591 g/mol. The highest BCUT2D eigenvalue weighted by Gasteiger charge is 2.47. The van der Waals surface area contributed by atoms with E-state index in [-0.39, 0.29) is 26.0 Å². The number of anilines is 1. The van der Waals surface area contributed by atoms with E-state index in [9.17, 15) is 17.6 Å². The Hall–Kier alpha value is -3.34. The van der Waals surface area contributed by atoms with E-state index in [0.717, 1.165) is 11.3 Å². The summed E-state index contributed by atoms with van der Waals surface area (Å²) < 4.78 is 54.7. The smallest absolute Gasteiger partial charge is 0.410 e. The number of aliphatic imine (C=N–C) groups is 1. The molecule has 2 aliphatic rings. The number of benzene rings is 2. The van der Waals surface area contributed by atoms with Gasteiger partial charge < -0.3 is 19.3 Å². The Labute approximate surface area is 243 Å². The Bertz CT molecular complexity index is 1350. The molecule has 0 saturated carbocycles. The lowest BCUT2D eigenvalue weighted by Crippen LogP contribution is -2.59. The second kappa shape index (κ2) is 12.3. The van der Waals surface area contributed by atoms with E-state index < -0.39 is 38.3 Å². The third-order valence-electron chi connectivity index (χ3n) is 7.06. The fraction of sp³-hybridized carbons (Fsp3) is 0.533. The molecule has 1 N–H and O–H groups in total. The number of nitrogens with one attached hydrogen (secondary N) is 1. The van der Waals surface area contributed by atoms with Gasteiger partial charge in [-0.3, -0.25) is 0 Å². The van der Waals surface area contributed by atoms with E-state index in [1.54, 1.807) is 43.9 Å². The molecule has 2 aromatic rings. The molecule has 0 aliphatic carbocycles. The van der Waals surface area contributed by atoms with Gasteiger partial charge in [0.05, 0.1) is 6.04 Å². The minimum atomic E-state index is -3.83. The van der Waals surface area contributed by atoms with Crippen LogP contribution in [0.1, 0.15) is 66.1 Å². The van der Waals surface area contributed by atoms with Crippen molar-refractivity contribution in [2.75, 3.05) is 31.1 Å². The van der Waals surface area contributed by atoms with Crippen LogP contribution in [0.25, 0.3) is 0 Å². The monoisotopic (exact) mass is 590 g/mol. The summed E-state index contributed by atoms with van der Waals surface area (Å²) in [5, 5.41) is -0.869. The minimum Gasteiger partial charge on any atom is -0.457 e. The van der Waals surface area contributed by atoms with Gasteiger partial charge in [0.1, 0.15) is 22.3 Å². The first-order chi connectivity index (χ1) is 18.6. The molecule has 2 atom stereocenters. The van der Waals surface area contributed by atoms with Crippen molar-refractivity contribution in [2.24, 2.45) is 4.99 Å². The predicted molar refractivity (Wildman–Crippen MR) is 160 cm³/mol. The van der Waals surface area contributed by atoms with E-state index in [0.29, 0.717) is 31.7 Å². The van der Waals surface area contributed by atoms with Crippen molar-refractivity contribution in [1.29, 1.82) is 0 Å². The van der Waals surface area contributed by atoms with Gasteiger partial charge in [-0.2, -0.15) is 0 Å². The maximum atomic E-state index is 14.2. The number of amidine groups is 1. The molecule has 11 heteroatoms. The van der Waals surface area contributed by atoms with Crippen LogP contribution in [-0.2, 0) is 25.9 Å². The van der Waals surface area contributed by atoms with Gasteiger partial charge in [-0.05, 0) is 71.7 Å². The number of carbonyl (C=O) groups is 1. The zero-order valence-corrected chi connectivity index (χ0v) is 24.8. The van der Waals surface area contributed by atoms with Crippen molar-refractivity contribution in [3.05, 3.63) is 65.5 Å². The van der Waals surface area contributed by atoms with Crippen molar-refractivity contribution in [3.63, 3.8) is 0 Å². The van der Waals surface area contributed by atoms with Gasteiger partial charge in [-0.1, -0.05) is 37.8 Å². The molecule has 226 valence electrons. The average Bonchev–Trinajstić information content (AvgIpc) is 2.85. The van der Waals surface area contributed by atoms with Crippen molar-refractivity contribution in [1.82, 2.24) is 9.62 Å². The molecular weight excluding hydrogens is 547 g/mol. The van der Waals surface area contributed by atoms with Gasteiger partial charge in [0.25, 0.3) is 6.02 Å². The van der Waals surface area contributed by atoms with Crippen LogP contribution in [-0.4, -0.2) is 68.1 Å². The molecule has 2 heterocycles. The predicted octanol–water partition coefficient (Wildman–Crippen LogP) is 5.28. The highest BCUT2D eigenvalue weighted by Crippen LogP contribution is 2.31. The Morgan fingerprint density at radius 1 is 1.12 bits per heavy atom. The highest BCUT2D eigenvalue weighted by molar-refractivity contribution is 7.90. The summed E-state index contributed by atoms with van der Waals surface area (Å²) in [6.45, 7) is 13.2. The zero-order valence-electron chi connectivity index (χ0n) is 24.0. The molecule has 2 fully saturated rings. The molecule has 1 amide bonds. The Kier molecular flexibility index (Phi) is 9.62. The van der Waals surface area contributed by atoms with Crippen LogP contribution in [0.3, 0.4) is 0 Å². The van der Waals surface area contributed by atoms with Crippen LogP contribution in [0.2, 0.25) is 0 Å². The number of nitrogens with zero attached hydrogens (tertiary/aromatic N) is 3. The number of carbonyl (C=O) groups excluding carboxylic acids is 1. The molecule has 0 radical (unpaired) electrons. The Morgan fingerprint density at radius 3 is 2.29 bits per heavy atom. The topological polar surface area (TPSA) is 101 Å². The van der Waals surface area contributed by atoms with E-state index >= 15 is 0 Å². The second-order valence-electron chi connectivity index (χ2n) is 11.8. The number of piperazine rings is 1. The summed E-state index contributed by atoms with van der Waals surface area (Å²) >= 11 is 0. The summed E-state index contributed by atoms with van der Waals surface area (Å²) in [4.78, 5) is 20.6. The third-order valence-corrected chi connectivity index (χ3v) is 9.00. The normalized spacial score (nSPS) is 21.7. The Balaban J connectivity index is 0.00000462. The summed E-state index contributed by atoms with van der Waals surface area (Å²) in [7, 11) is -3.83. The molecule has 0 spiro atoms. The highest BCUT2D eigenvalue weighted by atomic mass is 32.2. The van der Waals surface area contributed by atoms with Gasteiger partial charge >= 0.3 is 6.09 Å². The number of rotatable bonds is 5. The fourth-order valence-electron chi connectivity index (χ4n) is 4.90. The molecule has 9 nitrogen and oxygen atoms in total. The maximum Gasteiger partial charge on any atom is 0.410 e. The lowest BCUT2D eigenvalue weighted by atomic mass is 9.97. The molecule has 41 heavy (non-hydrogen) atoms. The Morgan fingerprint density at radius 2 is 1.73 bits per heavy atom. The molecule has 0 unspecified atom stereocenters. The van der Waals surface area contributed by atoms with Gasteiger partial charge in [-0.15, -0.1) is 0 Å². The van der Waals surface area contributed by atoms with Crippen LogP contribution >= 0.6 is 0 Å². The number of hydrogen-bond donors (Lipinski definition) is 1. The van der Waals surface area contributed by atoms with Crippen molar-refractivity contribution in [2.45, 2.75) is 77.9 Å². The van der Waals surface area contributed by atoms with Gasteiger partial charge in [-0.25, -0.2) is 27.3 Å². The summed E-state index contributed by atoms with van der Waals surface area (Å²) in [6, 6.07) is 13.3. The van der Waals surface area contributed by atoms with Crippen LogP contribution in [0.5, 0.6) is 0 Å². The first kappa shape index (κ1) is 32.2. The van der Waals surface area contributed by atoms with Gasteiger partial charge in [0.15, 0.2) is 0 Å². The first-order valence-electron chi connectivity index (χ1n) is 13.5. The molecule has 0 bridgehead atoms. The number of hydrogen-bond acceptors (Lipinski definition) is 7. The first-order valence-corrected chi connectivity index (χ1v) is 15.0. The molecule has 2 aromatic carbocycles. The quantitative estimate of drug-likeness (QED) is 0.509.